The van der Waals surface area contributed by atoms with Gasteiger partial charge < -0.3 is 10.1 Å². The van der Waals surface area contributed by atoms with Crippen LogP contribution in [0.4, 0.5) is 14.5 Å². The van der Waals surface area contributed by atoms with Crippen LogP contribution in [0.1, 0.15) is 18.4 Å². The molecule has 1 saturated carbocycles. The van der Waals surface area contributed by atoms with Crippen LogP contribution >= 0.6 is 0 Å². The molecule has 1 aromatic rings. The van der Waals surface area contributed by atoms with Crippen molar-refractivity contribution in [2.45, 2.75) is 25.7 Å². The molecular formula is C13H17F2NO. The highest BCUT2D eigenvalue weighted by molar-refractivity contribution is 5.57. The second-order valence-electron chi connectivity index (χ2n) is 4.71. The molecule has 1 N–H and O–H groups in total. The SMILES string of the molecule is COc1cc(C)ccc1NCC1CC(F)(F)C1. The van der Waals surface area contributed by atoms with Crippen LogP contribution in [0.15, 0.2) is 18.2 Å². The molecule has 1 aromatic carbocycles. The summed E-state index contributed by atoms with van der Waals surface area (Å²) in [6.07, 6.45) is -0.0116. The van der Waals surface area contributed by atoms with E-state index in [1.54, 1.807) is 7.11 Å². The van der Waals surface area contributed by atoms with Crippen molar-refractivity contribution < 1.29 is 13.5 Å². The second-order valence-corrected chi connectivity index (χ2v) is 4.71. The van der Waals surface area contributed by atoms with Gasteiger partial charge in [0.1, 0.15) is 5.75 Å². The third kappa shape index (κ3) is 2.87. The van der Waals surface area contributed by atoms with Crippen molar-refractivity contribution >= 4 is 5.69 Å². The number of aryl methyl sites for hydroxylation is 1. The molecule has 0 bridgehead atoms. The number of hydrogen-bond acceptors (Lipinski definition) is 2. The van der Waals surface area contributed by atoms with Gasteiger partial charge in [-0.25, -0.2) is 8.78 Å². The molecule has 0 aromatic heterocycles. The lowest BCUT2D eigenvalue weighted by Crippen LogP contribution is -2.39. The van der Waals surface area contributed by atoms with E-state index in [0.717, 1.165) is 17.0 Å². The van der Waals surface area contributed by atoms with E-state index in [2.05, 4.69) is 5.32 Å². The lowest BCUT2D eigenvalue weighted by atomic mass is 9.81. The lowest BCUT2D eigenvalue weighted by Gasteiger charge is -2.35. The van der Waals surface area contributed by atoms with Crippen LogP contribution in [0.25, 0.3) is 0 Å². The smallest absolute Gasteiger partial charge is 0.248 e. The Kier molecular flexibility index (Phi) is 3.22. The van der Waals surface area contributed by atoms with Gasteiger partial charge in [-0.05, 0) is 30.5 Å². The van der Waals surface area contributed by atoms with Crippen molar-refractivity contribution in [3.63, 3.8) is 0 Å². The maximum atomic E-state index is 12.7. The molecule has 0 amide bonds. The highest BCUT2D eigenvalue weighted by Gasteiger charge is 2.44. The number of methoxy groups -OCH3 is 1. The number of anilines is 1. The molecule has 17 heavy (non-hydrogen) atoms. The highest BCUT2D eigenvalue weighted by Crippen LogP contribution is 2.42. The van der Waals surface area contributed by atoms with Gasteiger partial charge in [-0.15, -0.1) is 0 Å². The molecule has 0 radical (unpaired) electrons. The Morgan fingerprint density at radius 3 is 2.71 bits per heavy atom. The lowest BCUT2D eigenvalue weighted by molar-refractivity contribution is -0.106. The highest BCUT2D eigenvalue weighted by atomic mass is 19.3. The normalized spacial score (nSPS) is 18.6. The van der Waals surface area contributed by atoms with Crippen LogP contribution in [0, 0.1) is 12.8 Å². The summed E-state index contributed by atoms with van der Waals surface area (Å²) in [5, 5.41) is 3.17. The van der Waals surface area contributed by atoms with Gasteiger partial charge in [-0.2, -0.15) is 0 Å². The summed E-state index contributed by atoms with van der Waals surface area (Å²) in [4.78, 5) is 0. The quantitative estimate of drug-likeness (QED) is 0.871. The zero-order chi connectivity index (χ0) is 12.5. The van der Waals surface area contributed by atoms with Crippen LogP contribution in [0.2, 0.25) is 0 Å². The van der Waals surface area contributed by atoms with Crippen LogP contribution in [0.3, 0.4) is 0 Å². The monoisotopic (exact) mass is 241 g/mol. The summed E-state index contributed by atoms with van der Waals surface area (Å²) in [6.45, 7) is 2.56. The van der Waals surface area contributed by atoms with Crippen molar-refractivity contribution in [1.82, 2.24) is 0 Å². The summed E-state index contributed by atoms with van der Waals surface area (Å²) in [6, 6.07) is 5.82. The molecule has 0 saturated heterocycles. The average molecular weight is 241 g/mol. The number of hydrogen-bond donors (Lipinski definition) is 1. The summed E-state index contributed by atoms with van der Waals surface area (Å²) in [5.74, 6) is -1.61. The van der Waals surface area contributed by atoms with E-state index >= 15 is 0 Å². The number of nitrogens with one attached hydrogen (secondary N) is 1. The van der Waals surface area contributed by atoms with Crippen molar-refractivity contribution in [2.75, 3.05) is 19.0 Å². The zero-order valence-electron chi connectivity index (χ0n) is 10.1. The third-order valence-corrected chi connectivity index (χ3v) is 3.11. The molecule has 0 heterocycles. The Labute approximate surface area is 100.0 Å². The zero-order valence-corrected chi connectivity index (χ0v) is 10.1. The third-order valence-electron chi connectivity index (χ3n) is 3.11. The Bertz CT molecular complexity index is 398. The fraction of sp³-hybridized carbons (Fsp3) is 0.538. The summed E-state index contributed by atoms with van der Waals surface area (Å²) < 4.78 is 30.6. The van der Waals surface area contributed by atoms with Crippen molar-refractivity contribution in [2.24, 2.45) is 5.92 Å². The van der Waals surface area contributed by atoms with Gasteiger partial charge >= 0.3 is 0 Å². The van der Waals surface area contributed by atoms with Gasteiger partial charge in [0, 0.05) is 19.4 Å². The van der Waals surface area contributed by atoms with E-state index in [0.29, 0.717) is 6.54 Å². The molecule has 1 aliphatic carbocycles. The first kappa shape index (κ1) is 12.1. The molecule has 0 atom stereocenters. The van der Waals surface area contributed by atoms with Crippen molar-refractivity contribution in [3.8, 4) is 5.75 Å². The molecular weight excluding hydrogens is 224 g/mol. The number of halogens is 2. The van der Waals surface area contributed by atoms with Gasteiger partial charge in [0.05, 0.1) is 12.8 Å². The Morgan fingerprint density at radius 1 is 1.41 bits per heavy atom. The first-order chi connectivity index (χ1) is 8.00. The summed E-state index contributed by atoms with van der Waals surface area (Å²) in [7, 11) is 1.61. The molecule has 4 heteroatoms. The van der Waals surface area contributed by atoms with Gasteiger partial charge in [0.25, 0.3) is 0 Å². The number of ether oxygens (including phenoxy) is 1. The predicted molar refractivity (Wildman–Crippen MR) is 63.9 cm³/mol. The number of benzene rings is 1. The molecule has 0 unspecified atom stereocenters. The van der Waals surface area contributed by atoms with E-state index in [4.69, 9.17) is 4.74 Å². The first-order valence-corrected chi connectivity index (χ1v) is 5.76. The van der Waals surface area contributed by atoms with Crippen molar-refractivity contribution in [1.29, 1.82) is 0 Å². The fourth-order valence-electron chi connectivity index (χ4n) is 2.13. The molecule has 2 rings (SSSR count). The molecule has 0 spiro atoms. The molecule has 0 aliphatic heterocycles. The molecule has 2 nitrogen and oxygen atoms in total. The van der Waals surface area contributed by atoms with Crippen LogP contribution < -0.4 is 10.1 Å². The first-order valence-electron chi connectivity index (χ1n) is 5.76. The van der Waals surface area contributed by atoms with Crippen LogP contribution in [-0.4, -0.2) is 19.6 Å². The maximum absolute atomic E-state index is 12.7. The Morgan fingerprint density at radius 2 is 2.12 bits per heavy atom. The molecule has 1 fully saturated rings. The predicted octanol–water partition coefficient (Wildman–Crippen LogP) is 3.46. The number of alkyl halides is 2. The maximum Gasteiger partial charge on any atom is 0.248 e. The molecule has 1 aliphatic rings. The van der Waals surface area contributed by atoms with E-state index in [9.17, 15) is 8.78 Å². The standard InChI is InChI=1S/C13H17F2NO/c1-9-3-4-11(12(5-9)17-2)16-8-10-6-13(14,15)7-10/h3-5,10,16H,6-8H2,1-2H3. The van der Waals surface area contributed by atoms with Crippen molar-refractivity contribution in [3.05, 3.63) is 23.8 Å². The minimum Gasteiger partial charge on any atom is -0.495 e. The van der Waals surface area contributed by atoms with E-state index in [1.165, 1.54) is 0 Å². The second kappa shape index (κ2) is 4.51. The topological polar surface area (TPSA) is 21.3 Å². The molecule has 94 valence electrons. The van der Waals surface area contributed by atoms with E-state index in [-0.39, 0.29) is 18.8 Å². The number of rotatable bonds is 4. The largest absolute Gasteiger partial charge is 0.495 e. The minimum atomic E-state index is -2.44. The van der Waals surface area contributed by atoms with Gasteiger partial charge in [0.2, 0.25) is 5.92 Å². The Hall–Kier alpha value is -1.32. The minimum absolute atomic E-state index is 0.00578. The average Bonchev–Trinajstić information content (AvgIpc) is 2.24. The van der Waals surface area contributed by atoms with Gasteiger partial charge in [-0.1, -0.05) is 6.07 Å². The Balaban J connectivity index is 1.91. The van der Waals surface area contributed by atoms with E-state index in [1.807, 2.05) is 25.1 Å². The van der Waals surface area contributed by atoms with Gasteiger partial charge in [-0.3, -0.25) is 0 Å². The van der Waals surface area contributed by atoms with Crippen LogP contribution in [-0.2, 0) is 0 Å². The van der Waals surface area contributed by atoms with Crippen LogP contribution in [0.5, 0.6) is 5.75 Å². The fourth-order valence-corrected chi connectivity index (χ4v) is 2.13. The van der Waals surface area contributed by atoms with Gasteiger partial charge in [0.15, 0.2) is 0 Å². The summed E-state index contributed by atoms with van der Waals surface area (Å²) >= 11 is 0. The summed E-state index contributed by atoms with van der Waals surface area (Å²) in [5.41, 5.74) is 1.98. The van der Waals surface area contributed by atoms with E-state index < -0.39 is 5.92 Å².